The molecule has 1 N–H and O–H groups in total. The fourth-order valence-electron chi connectivity index (χ4n) is 2.85. The maximum Gasteiger partial charge on any atom is 0.227 e. The van der Waals surface area contributed by atoms with E-state index in [9.17, 15) is 4.79 Å². The van der Waals surface area contributed by atoms with Crippen molar-refractivity contribution in [2.75, 3.05) is 19.6 Å². The molecular weight excluding hydrogens is 188 g/mol. The first-order chi connectivity index (χ1) is 7.33. The molecule has 2 aliphatic heterocycles. The predicted octanol–water partition coefficient (Wildman–Crippen LogP) is 1.39. The van der Waals surface area contributed by atoms with E-state index in [1.54, 1.807) is 0 Å². The molecule has 2 atom stereocenters. The van der Waals surface area contributed by atoms with E-state index in [2.05, 4.69) is 17.1 Å². The smallest absolute Gasteiger partial charge is 0.227 e. The second-order valence-electron chi connectivity index (χ2n) is 4.78. The van der Waals surface area contributed by atoms with Crippen LogP contribution in [-0.4, -0.2) is 36.5 Å². The number of nitrogens with one attached hydrogen (secondary N) is 1. The van der Waals surface area contributed by atoms with Crippen molar-refractivity contribution in [1.82, 2.24) is 10.2 Å². The van der Waals surface area contributed by atoms with Crippen molar-refractivity contribution < 1.29 is 4.79 Å². The van der Waals surface area contributed by atoms with Gasteiger partial charge in [-0.1, -0.05) is 6.92 Å². The molecule has 0 spiro atoms. The van der Waals surface area contributed by atoms with E-state index in [0.717, 1.165) is 38.9 Å². The van der Waals surface area contributed by atoms with Crippen LogP contribution < -0.4 is 5.32 Å². The highest BCUT2D eigenvalue weighted by molar-refractivity contribution is 5.79. The summed E-state index contributed by atoms with van der Waals surface area (Å²) in [5.41, 5.74) is 0. The Balaban J connectivity index is 1.93. The summed E-state index contributed by atoms with van der Waals surface area (Å²) in [7, 11) is 0. The average molecular weight is 210 g/mol. The van der Waals surface area contributed by atoms with Crippen LogP contribution in [0, 0.1) is 5.92 Å². The summed E-state index contributed by atoms with van der Waals surface area (Å²) in [6.07, 6.45) is 5.76. The topological polar surface area (TPSA) is 32.3 Å². The normalized spacial score (nSPS) is 31.9. The molecule has 2 aliphatic rings. The highest BCUT2D eigenvalue weighted by Gasteiger charge is 2.32. The summed E-state index contributed by atoms with van der Waals surface area (Å²) in [5, 5.41) is 3.32. The molecule has 2 heterocycles. The van der Waals surface area contributed by atoms with Gasteiger partial charge in [-0.2, -0.15) is 0 Å². The van der Waals surface area contributed by atoms with Crippen molar-refractivity contribution in [3.05, 3.63) is 0 Å². The number of hydrogen-bond acceptors (Lipinski definition) is 2. The highest BCUT2D eigenvalue weighted by Crippen LogP contribution is 2.24. The third-order valence-corrected chi connectivity index (χ3v) is 3.78. The van der Waals surface area contributed by atoms with Crippen LogP contribution in [0.3, 0.4) is 0 Å². The second-order valence-corrected chi connectivity index (χ2v) is 4.78. The van der Waals surface area contributed by atoms with Crippen LogP contribution in [0.1, 0.15) is 39.0 Å². The van der Waals surface area contributed by atoms with Crippen molar-refractivity contribution in [2.24, 2.45) is 5.92 Å². The third-order valence-electron chi connectivity index (χ3n) is 3.78. The Hall–Kier alpha value is -0.570. The van der Waals surface area contributed by atoms with Gasteiger partial charge in [0.05, 0.1) is 5.92 Å². The van der Waals surface area contributed by atoms with Gasteiger partial charge in [0.25, 0.3) is 0 Å². The van der Waals surface area contributed by atoms with Crippen molar-refractivity contribution in [3.8, 4) is 0 Å². The van der Waals surface area contributed by atoms with E-state index in [0.29, 0.717) is 11.9 Å². The molecule has 0 radical (unpaired) electrons. The quantitative estimate of drug-likeness (QED) is 0.747. The van der Waals surface area contributed by atoms with Crippen LogP contribution in [0.4, 0.5) is 0 Å². The van der Waals surface area contributed by atoms with Gasteiger partial charge in [-0.05, 0) is 38.6 Å². The number of amides is 1. The van der Waals surface area contributed by atoms with Gasteiger partial charge in [0, 0.05) is 19.1 Å². The monoisotopic (exact) mass is 210 g/mol. The number of carbonyl (C=O) groups is 1. The number of likely N-dealkylation sites (tertiary alicyclic amines) is 1. The molecule has 0 aromatic heterocycles. The minimum atomic E-state index is 0.255. The zero-order chi connectivity index (χ0) is 10.7. The summed E-state index contributed by atoms with van der Waals surface area (Å²) in [6.45, 7) is 5.16. The van der Waals surface area contributed by atoms with Crippen molar-refractivity contribution in [3.63, 3.8) is 0 Å². The lowest BCUT2D eigenvalue weighted by molar-refractivity contribution is -0.136. The van der Waals surface area contributed by atoms with E-state index in [4.69, 9.17) is 0 Å². The maximum absolute atomic E-state index is 12.3. The van der Waals surface area contributed by atoms with Crippen LogP contribution in [0.5, 0.6) is 0 Å². The van der Waals surface area contributed by atoms with E-state index in [1.807, 2.05) is 0 Å². The van der Waals surface area contributed by atoms with Gasteiger partial charge in [-0.3, -0.25) is 4.79 Å². The summed E-state index contributed by atoms with van der Waals surface area (Å²) in [4.78, 5) is 14.4. The van der Waals surface area contributed by atoms with E-state index in [1.165, 1.54) is 12.8 Å². The number of rotatable bonds is 2. The average Bonchev–Trinajstić information content (AvgIpc) is 2.77. The zero-order valence-corrected chi connectivity index (χ0v) is 9.67. The molecular formula is C12H22N2O. The van der Waals surface area contributed by atoms with Crippen LogP contribution in [-0.2, 0) is 4.79 Å². The van der Waals surface area contributed by atoms with Crippen LogP contribution in [0.25, 0.3) is 0 Å². The molecule has 86 valence electrons. The molecule has 0 aromatic rings. The Morgan fingerprint density at radius 2 is 2.27 bits per heavy atom. The Bertz CT molecular complexity index is 224. The summed E-state index contributed by atoms with van der Waals surface area (Å²) >= 11 is 0. The summed E-state index contributed by atoms with van der Waals surface area (Å²) in [6, 6.07) is 0.527. The first-order valence-corrected chi connectivity index (χ1v) is 6.34. The van der Waals surface area contributed by atoms with Crippen LogP contribution >= 0.6 is 0 Å². The first-order valence-electron chi connectivity index (χ1n) is 6.34. The minimum Gasteiger partial charge on any atom is -0.339 e. The van der Waals surface area contributed by atoms with E-state index >= 15 is 0 Å². The molecule has 2 fully saturated rings. The first kappa shape index (κ1) is 10.9. The standard InChI is InChI=1S/C12H22N2O/c1-2-11-6-4-8-14(11)12(15)10-5-3-7-13-9-10/h10-11,13H,2-9H2,1H3/t10-,11?/m1/s1. The molecule has 0 bridgehead atoms. The van der Waals surface area contributed by atoms with Gasteiger partial charge in [-0.15, -0.1) is 0 Å². The van der Waals surface area contributed by atoms with Crippen molar-refractivity contribution in [1.29, 1.82) is 0 Å². The van der Waals surface area contributed by atoms with Crippen LogP contribution in [0.2, 0.25) is 0 Å². The third kappa shape index (κ3) is 2.33. The summed E-state index contributed by atoms with van der Waals surface area (Å²) < 4.78 is 0. The molecule has 2 saturated heterocycles. The number of carbonyl (C=O) groups excluding carboxylic acids is 1. The molecule has 15 heavy (non-hydrogen) atoms. The lowest BCUT2D eigenvalue weighted by Crippen LogP contribution is -2.44. The lowest BCUT2D eigenvalue weighted by Gasteiger charge is -2.30. The van der Waals surface area contributed by atoms with Gasteiger partial charge in [0.1, 0.15) is 0 Å². The SMILES string of the molecule is CCC1CCCN1C(=O)[C@@H]1CCCNC1. The predicted molar refractivity (Wildman–Crippen MR) is 60.6 cm³/mol. The number of hydrogen-bond donors (Lipinski definition) is 1. The second kappa shape index (κ2) is 4.97. The van der Waals surface area contributed by atoms with Crippen LogP contribution in [0.15, 0.2) is 0 Å². The Kier molecular flexibility index (Phi) is 3.62. The highest BCUT2D eigenvalue weighted by atomic mass is 16.2. The molecule has 0 aromatic carbocycles. The molecule has 3 heteroatoms. The number of nitrogens with zero attached hydrogens (tertiary/aromatic N) is 1. The molecule has 2 rings (SSSR count). The largest absolute Gasteiger partial charge is 0.339 e. The van der Waals surface area contributed by atoms with Crippen molar-refractivity contribution >= 4 is 5.91 Å². The van der Waals surface area contributed by atoms with Gasteiger partial charge in [0.2, 0.25) is 5.91 Å². The Labute approximate surface area is 92.2 Å². The van der Waals surface area contributed by atoms with Gasteiger partial charge in [-0.25, -0.2) is 0 Å². The summed E-state index contributed by atoms with van der Waals surface area (Å²) in [5.74, 6) is 0.664. The fourth-order valence-corrected chi connectivity index (χ4v) is 2.85. The van der Waals surface area contributed by atoms with Gasteiger partial charge in [0.15, 0.2) is 0 Å². The van der Waals surface area contributed by atoms with E-state index in [-0.39, 0.29) is 5.92 Å². The Morgan fingerprint density at radius 3 is 2.93 bits per heavy atom. The zero-order valence-electron chi connectivity index (χ0n) is 9.67. The molecule has 1 amide bonds. The number of piperidine rings is 1. The van der Waals surface area contributed by atoms with Gasteiger partial charge >= 0.3 is 0 Å². The molecule has 3 nitrogen and oxygen atoms in total. The molecule has 0 saturated carbocycles. The molecule has 0 aliphatic carbocycles. The maximum atomic E-state index is 12.3. The van der Waals surface area contributed by atoms with E-state index < -0.39 is 0 Å². The minimum absolute atomic E-state index is 0.255. The van der Waals surface area contributed by atoms with Crippen molar-refractivity contribution in [2.45, 2.75) is 45.1 Å². The fraction of sp³-hybridized carbons (Fsp3) is 0.917. The lowest BCUT2D eigenvalue weighted by atomic mass is 9.97. The van der Waals surface area contributed by atoms with Gasteiger partial charge < -0.3 is 10.2 Å². The molecule has 1 unspecified atom stereocenters. The Morgan fingerprint density at radius 1 is 1.40 bits per heavy atom.